The Hall–Kier alpha value is -1.21. The van der Waals surface area contributed by atoms with Crippen LogP contribution in [0.25, 0.3) is 0 Å². The molecular weight excluding hydrogens is 306 g/mol. The zero-order valence-corrected chi connectivity index (χ0v) is 14.3. The van der Waals surface area contributed by atoms with Crippen LogP contribution >= 0.6 is 0 Å². The molecule has 2 aliphatic heterocycles. The number of rotatable bonds is 6. The fourth-order valence-corrected chi connectivity index (χ4v) is 3.36. The molecule has 1 unspecified atom stereocenters. The van der Waals surface area contributed by atoms with Crippen molar-refractivity contribution in [2.45, 2.75) is 31.5 Å². The first-order chi connectivity index (χ1) is 11.8. The Morgan fingerprint density at radius 3 is 2.88 bits per heavy atom. The summed E-state index contributed by atoms with van der Waals surface area (Å²) in [5, 5.41) is 10.3. The van der Waals surface area contributed by atoms with Crippen LogP contribution in [0.4, 0.5) is 5.82 Å². The van der Waals surface area contributed by atoms with Gasteiger partial charge in [0.05, 0.1) is 18.8 Å². The minimum absolute atomic E-state index is 0.247. The van der Waals surface area contributed by atoms with Crippen LogP contribution in [0.2, 0.25) is 0 Å². The first-order valence-electron chi connectivity index (χ1n) is 9.07. The number of hydrogen-bond acceptors (Lipinski definition) is 6. The molecular formula is C18H29N3O3. The van der Waals surface area contributed by atoms with E-state index in [4.69, 9.17) is 9.47 Å². The van der Waals surface area contributed by atoms with E-state index in [0.29, 0.717) is 13.2 Å². The zero-order chi connectivity index (χ0) is 16.6. The molecule has 0 spiro atoms. The number of aliphatic hydroxyl groups is 1. The van der Waals surface area contributed by atoms with Crippen molar-refractivity contribution in [1.82, 2.24) is 9.88 Å². The summed E-state index contributed by atoms with van der Waals surface area (Å²) >= 11 is 0. The highest BCUT2D eigenvalue weighted by Gasteiger charge is 2.20. The van der Waals surface area contributed by atoms with E-state index in [0.717, 1.165) is 64.5 Å². The summed E-state index contributed by atoms with van der Waals surface area (Å²) in [4.78, 5) is 9.10. The maximum atomic E-state index is 10.3. The van der Waals surface area contributed by atoms with Crippen molar-refractivity contribution in [1.29, 1.82) is 0 Å². The first-order valence-corrected chi connectivity index (χ1v) is 9.07. The molecule has 0 amide bonds. The van der Waals surface area contributed by atoms with Crippen molar-refractivity contribution in [3.8, 4) is 0 Å². The van der Waals surface area contributed by atoms with Crippen LogP contribution in [-0.2, 0) is 9.47 Å². The van der Waals surface area contributed by atoms with Gasteiger partial charge in [-0.15, -0.1) is 0 Å². The third kappa shape index (κ3) is 5.41. The van der Waals surface area contributed by atoms with Crippen LogP contribution in [0.3, 0.4) is 0 Å². The number of ether oxygens (including phenoxy) is 2. The maximum absolute atomic E-state index is 10.3. The molecule has 134 valence electrons. The third-order valence-corrected chi connectivity index (χ3v) is 4.72. The van der Waals surface area contributed by atoms with Gasteiger partial charge in [-0.1, -0.05) is 6.07 Å². The SMILES string of the molecule is OC(COC1CCOCC1)CN1CCCN(c2ccccn2)CC1. The molecule has 2 aliphatic rings. The second-order valence-electron chi connectivity index (χ2n) is 6.63. The fourth-order valence-electron chi connectivity index (χ4n) is 3.36. The van der Waals surface area contributed by atoms with E-state index in [9.17, 15) is 5.11 Å². The highest BCUT2D eigenvalue weighted by molar-refractivity contribution is 5.37. The molecule has 3 heterocycles. The molecule has 24 heavy (non-hydrogen) atoms. The molecule has 3 rings (SSSR count). The van der Waals surface area contributed by atoms with E-state index < -0.39 is 6.10 Å². The van der Waals surface area contributed by atoms with E-state index in [1.807, 2.05) is 18.3 Å². The number of β-amino-alcohol motifs (C(OH)–C–C–N with tert-alkyl or cyclic N) is 1. The summed E-state index contributed by atoms with van der Waals surface area (Å²) in [6.07, 6.45) is 4.64. The largest absolute Gasteiger partial charge is 0.389 e. The Morgan fingerprint density at radius 1 is 1.21 bits per heavy atom. The number of anilines is 1. The van der Waals surface area contributed by atoms with Crippen LogP contribution in [-0.4, -0.2) is 79.7 Å². The van der Waals surface area contributed by atoms with Gasteiger partial charge in [-0.25, -0.2) is 4.98 Å². The van der Waals surface area contributed by atoms with Gasteiger partial charge in [0, 0.05) is 45.6 Å². The van der Waals surface area contributed by atoms with Crippen LogP contribution in [0.1, 0.15) is 19.3 Å². The van der Waals surface area contributed by atoms with Crippen LogP contribution in [0.15, 0.2) is 24.4 Å². The van der Waals surface area contributed by atoms with Gasteiger partial charge in [-0.05, 0) is 37.9 Å². The lowest BCUT2D eigenvalue weighted by Crippen LogP contribution is -2.38. The molecule has 6 heteroatoms. The summed E-state index contributed by atoms with van der Waals surface area (Å²) < 4.78 is 11.2. The average molecular weight is 335 g/mol. The van der Waals surface area contributed by atoms with Crippen molar-refractivity contribution in [3.05, 3.63) is 24.4 Å². The molecule has 1 aromatic rings. The molecule has 0 radical (unpaired) electrons. The van der Waals surface area contributed by atoms with Crippen LogP contribution < -0.4 is 4.90 Å². The average Bonchev–Trinajstić information content (AvgIpc) is 2.87. The molecule has 0 saturated carbocycles. The highest BCUT2D eigenvalue weighted by atomic mass is 16.5. The minimum atomic E-state index is -0.422. The van der Waals surface area contributed by atoms with E-state index in [2.05, 4.69) is 20.9 Å². The predicted molar refractivity (Wildman–Crippen MR) is 93.3 cm³/mol. The van der Waals surface area contributed by atoms with Gasteiger partial charge in [0.15, 0.2) is 0 Å². The van der Waals surface area contributed by atoms with Crippen molar-refractivity contribution in [2.24, 2.45) is 0 Å². The van der Waals surface area contributed by atoms with E-state index in [1.54, 1.807) is 0 Å². The highest BCUT2D eigenvalue weighted by Crippen LogP contribution is 2.14. The quantitative estimate of drug-likeness (QED) is 0.842. The Balaban J connectivity index is 1.39. The normalized spacial score (nSPS) is 22.3. The summed E-state index contributed by atoms with van der Waals surface area (Å²) in [7, 11) is 0. The van der Waals surface area contributed by atoms with E-state index in [-0.39, 0.29) is 6.10 Å². The van der Waals surface area contributed by atoms with Gasteiger partial charge in [0.2, 0.25) is 0 Å². The predicted octanol–water partition coefficient (Wildman–Crippen LogP) is 1.15. The summed E-state index contributed by atoms with van der Waals surface area (Å²) in [6.45, 7) is 6.58. The van der Waals surface area contributed by atoms with E-state index >= 15 is 0 Å². The Labute approximate surface area is 144 Å². The molecule has 1 aromatic heterocycles. The van der Waals surface area contributed by atoms with Crippen LogP contribution in [0.5, 0.6) is 0 Å². The smallest absolute Gasteiger partial charge is 0.128 e. The topological polar surface area (TPSA) is 58.1 Å². The monoisotopic (exact) mass is 335 g/mol. The summed E-state index contributed by atoms with van der Waals surface area (Å²) in [5.41, 5.74) is 0. The standard InChI is InChI=1S/C18H29N3O3/c22-16(15-24-17-5-12-23-13-6-17)14-20-8-3-9-21(11-10-20)18-4-1-2-7-19-18/h1-2,4,7,16-17,22H,3,5-6,8-15H2. The summed E-state index contributed by atoms with van der Waals surface area (Å²) in [6, 6.07) is 6.04. The van der Waals surface area contributed by atoms with Crippen molar-refractivity contribution >= 4 is 5.82 Å². The van der Waals surface area contributed by atoms with Gasteiger partial charge in [0.25, 0.3) is 0 Å². The van der Waals surface area contributed by atoms with Crippen molar-refractivity contribution in [3.63, 3.8) is 0 Å². The first kappa shape index (κ1) is 17.6. The Bertz CT molecular complexity index is 468. The van der Waals surface area contributed by atoms with Gasteiger partial charge in [-0.2, -0.15) is 0 Å². The lowest BCUT2D eigenvalue weighted by Gasteiger charge is -2.27. The van der Waals surface area contributed by atoms with E-state index in [1.165, 1.54) is 0 Å². The second-order valence-corrected chi connectivity index (χ2v) is 6.63. The van der Waals surface area contributed by atoms with Crippen molar-refractivity contribution in [2.75, 3.05) is 57.4 Å². The molecule has 0 aromatic carbocycles. The maximum Gasteiger partial charge on any atom is 0.128 e. The lowest BCUT2D eigenvalue weighted by molar-refractivity contribution is -0.0638. The van der Waals surface area contributed by atoms with Gasteiger partial charge in [0.1, 0.15) is 5.82 Å². The number of nitrogens with zero attached hydrogens (tertiary/aromatic N) is 3. The molecule has 0 bridgehead atoms. The van der Waals surface area contributed by atoms with Gasteiger partial charge in [-0.3, -0.25) is 4.90 Å². The van der Waals surface area contributed by atoms with Crippen molar-refractivity contribution < 1.29 is 14.6 Å². The third-order valence-electron chi connectivity index (χ3n) is 4.72. The number of pyridine rings is 1. The number of hydrogen-bond donors (Lipinski definition) is 1. The second kappa shape index (κ2) is 9.32. The molecule has 2 fully saturated rings. The number of aliphatic hydroxyl groups excluding tert-OH is 1. The molecule has 1 N–H and O–H groups in total. The summed E-state index contributed by atoms with van der Waals surface area (Å²) in [5.74, 6) is 1.04. The Kier molecular flexibility index (Phi) is 6.84. The Morgan fingerprint density at radius 2 is 2.08 bits per heavy atom. The number of aromatic nitrogens is 1. The lowest BCUT2D eigenvalue weighted by atomic mass is 10.1. The fraction of sp³-hybridized carbons (Fsp3) is 0.722. The van der Waals surface area contributed by atoms with Gasteiger partial charge >= 0.3 is 0 Å². The molecule has 6 nitrogen and oxygen atoms in total. The molecule has 2 saturated heterocycles. The minimum Gasteiger partial charge on any atom is -0.389 e. The molecule has 1 atom stereocenters. The van der Waals surface area contributed by atoms with Crippen LogP contribution in [0, 0.1) is 0 Å². The van der Waals surface area contributed by atoms with Gasteiger partial charge < -0.3 is 19.5 Å². The molecule has 0 aliphatic carbocycles. The zero-order valence-electron chi connectivity index (χ0n) is 14.3.